The summed E-state index contributed by atoms with van der Waals surface area (Å²) < 4.78 is 0. The van der Waals surface area contributed by atoms with Crippen LogP contribution in [-0.2, 0) is 4.79 Å². The van der Waals surface area contributed by atoms with Crippen molar-refractivity contribution in [3.63, 3.8) is 0 Å². The zero-order chi connectivity index (χ0) is 4.99. The number of nitrogens with one attached hydrogen (secondary N) is 1. The molecular formula is C3H6ClNO. The Morgan fingerprint density at radius 1 is 2.00 bits per heavy atom. The number of alkyl halides is 1. The first-order valence-electron chi connectivity index (χ1n) is 1.61. The Labute approximate surface area is 41.5 Å². The maximum atomic E-state index is 9.42. The number of rotatable bonds is 2. The van der Waals surface area contributed by atoms with Crippen LogP contribution in [0.5, 0.6) is 0 Å². The molecule has 1 N–H and O–H groups in total. The number of amides is 1. The van der Waals surface area contributed by atoms with Gasteiger partial charge in [0.15, 0.2) is 0 Å². The number of hydrogen-bond acceptors (Lipinski definition) is 1. The Kier molecular flexibility index (Phi) is 2.85. The van der Waals surface area contributed by atoms with Crippen molar-refractivity contribution in [2.45, 2.75) is 12.4 Å². The lowest BCUT2D eigenvalue weighted by molar-refractivity contribution is -0.109. The molecule has 0 rings (SSSR count). The zero-order valence-electron chi connectivity index (χ0n) is 3.44. The van der Waals surface area contributed by atoms with E-state index in [4.69, 9.17) is 11.6 Å². The first-order chi connectivity index (χ1) is 2.77. The lowest BCUT2D eigenvalue weighted by atomic mass is 10.8. The van der Waals surface area contributed by atoms with Crippen LogP contribution in [0.4, 0.5) is 0 Å². The molecule has 0 radical (unpaired) electrons. The van der Waals surface area contributed by atoms with Crippen LogP contribution in [0.3, 0.4) is 0 Å². The van der Waals surface area contributed by atoms with Crippen molar-refractivity contribution in [3.8, 4) is 0 Å². The van der Waals surface area contributed by atoms with Gasteiger partial charge >= 0.3 is 0 Å². The van der Waals surface area contributed by atoms with Crippen LogP contribution in [0.25, 0.3) is 0 Å². The fourth-order valence-electron chi connectivity index (χ4n) is 0.0938. The van der Waals surface area contributed by atoms with Gasteiger partial charge in [0, 0.05) is 0 Å². The van der Waals surface area contributed by atoms with Crippen LogP contribution in [-0.4, -0.2) is 11.9 Å². The van der Waals surface area contributed by atoms with Crippen molar-refractivity contribution in [2.75, 3.05) is 0 Å². The molecule has 0 aliphatic heterocycles. The molecule has 6 heavy (non-hydrogen) atoms. The van der Waals surface area contributed by atoms with Gasteiger partial charge < -0.3 is 5.32 Å². The van der Waals surface area contributed by atoms with Gasteiger partial charge in [-0.3, -0.25) is 4.79 Å². The van der Waals surface area contributed by atoms with E-state index in [1.54, 1.807) is 6.92 Å². The molecule has 3 heteroatoms. The molecule has 0 saturated heterocycles. The normalized spacial score (nSPS) is 13.0. The minimum absolute atomic E-state index is 0.248. The first kappa shape index (κ1) is 5.76. The quantitative estimate of drug-likeness (QED) is 0.307. The summed E-state index contributed by atoms with van der Waals surface area (Å²) in [4.78, 5) is 9.42. The van der Waals surface area contributed by atoms with Gasteiger partial charge in [-0.15, -0.1) is 0 Å². The summed E-state index contributed by atoms with van der Waals surface area (Å²) >= 11 is 5.24. The van der Waals surface area contributed by atoms with Gasteiger partial charge in [0.2, 0.25) is 6.41 Å². The second-order valence-corrected chi connectivity index (χ2v) is 1.56. The van der Waals surface area contributed by atoms with Crippen molar-refractivity contribution >= 4 is 18.0 Å². The van der Waals surface area contributed by atoms with Crippen molar-refractivity contribution < 1.29 is 4.79 Å². The van der Waals surface area contributed by atoms with Gasteiger partial charge in [-0.25, -0.2) is 0 Å². The van der Waals surface area contributed by atoms with Gasteiger partial charge in [-0.1, -0.05) is 11.6 Å². The predicted molar refractivity (Wildman–Crippen MR) is 24.5 cm³/mol. The lowest BCUT2D eigenvalue weighted by Crippen LogP contribution is -2.17. The molecule has 2 nitrogen and oxygen atoms in total. The molecule has 0 saturated carbocycles. The third-order valence-electron chi connectivity index (χ3n) is 0.298. The molecule has 0 aromatic heterocycles. The minimum atomic E-state index is -0.248. The molecule has 1 unspecified atom stereocenters. The second kappa shape index (κ2) is 2.97. The molecule has 0 aliphatic rings. The van der Waals surface area contributed by atoms with Crippen molar-refractivity contribution in [3.05, 3.63) is 0 Å². The molecule has 36 valence electrons. The van der Waals surface area contributed by atoms with E-state index in [1.807, 2.05) is 0 Å². The predicted octanol–water partition coefficient (Wildman–Crippen LogP) is 0.317. The maximum absolute atomic E-state index is 9.42. The SMILES string of the molecule is CC(Cl)NC=O. The average Bonchev–Trinajstić information content (AvgIpc) is 1.35. The standard InChI is InChI=1S/C3H6ClNO/c1-3(4)5-2-6/h2-3H,1H3,(H,5,6). The van der Waals surface area contributed by atoms with Gasteiger partial charge in [0.1, 0.15) is 5.50 Å². The van der Waals surface area contributed by atoms with Crippen molar-refractivity contribution in [2.24, 2.45) is 0 Å². The molecule has 0 aromatic carbocycles. The Hall–Kier alpha value is -0.240. The van der Waals surface area contributed by atoms with E-state index in [-0.39, 0.29) is 5.50 Å². The zero-order valence-corrected chi connectivity index (χ0v) is 4.20. The monoisotopic (exact) mass is 107 g/mol. The van der Waals surface area contributed by atoms with Crippen molar-refractivity contribution in [1.82, 2.24) is 5.32 Å². The fraction of sp³-hybridized carbons (Fsp3) is 0.667. The number of carbonyl (C=O) groups is 1. The fourth-order valence-corrected chi connectivity index (χ4v) is 0.145. The molecular weight excluding hydrogens is 101 g/mol. The average molecular weight is 108 g/mol. The van der Waals surface area contributed by atoms with E-state index in [9.17, 15) is 4.79 Å². The second-order valence-electron chi connectivity index (χ2n) is 0.901. The maximum Gasteiger partial charge on any atom is 0.208 e. The molecule has 1 amide bonds. The Morgan fingerprint density at radius 2 is 2.50 bits per heavy atom. The Balaban J connectivity index is 2.81. The molecule has 0 aromatic rings. The van der Waals surface area contributed by atoms with Gasteiger partial charge in [-0.05, 0) is 6.92 Å². The molecule has 0 heterocycles. The number of hydrogen-bond donors (Lipinski definition) is 1. The highest BCUT2D eigenvalue weighted by atomic mass is 35.5. The lowest BCUT2D eigenvalue weighted by Gasteiger charge is -1.93. The summed E-state index contributed by atoms with van der Waals surface area (Å²) in [7, 11) is 0. The van der Waals surface area contributed by atoms with E-state index in [0.29, 0.717) is 6.41 Å². The summed E-state index contributed by atoms with van der Waals surface area (Å²) in [5, 5.41) is 2.29. The smallest absolute Gasteiger partial charge is 0.208 e. The number of carbonyl (C=O) groups excluding carboxylic acids is 1. The van der Waals surface area contributed by atoms with Crippen LogP contribution >= 0.6 is 11.6 Å². The number of halogens is 1. The van der Waals surface area contributed by atoms with Crippen LogP contribution < -0.4 is 5.32 Å². The van der Waals surface area contributed by atoms with E-state index in [1.165, 1.54) is 0 Å². The van der Waals surface area contributed by atoms with E-state index >= 15 is 0 Å². The summed E-state index contributed by atoms with van der Waals surface area (Å²) in [5.74, 6) is 0. The highest BCUT2D eigenvalue weighted by molar-refractivity contribution is 6.20. The molecule has 0 bridgehead atoms. The molecule has 0 fully saturated rings. The summed E-state index contributed by atoms with van der Waals surface area (Å²) in [5.41, 5.74) is -0.248. The minimum Gasteiger partial charge on any atom is -0.343 e. The third kappa shape index (κ3) is 3.76. The van der Waals surface area contributed by atoms with E-state index < -0.39 is 0 Å². The van der Waals surface area contributed by atoms with Crippen molar-refractivity contribution in [1.29, 1.82) is 0 Å². The topological polar surface area (TPSA) is 29.1 Å². The third-order valence-corrected chi connectivity index (χ3v) is 0.424. The Bertz CT molecular complexity index is 46.1. The highest BCUT2D eigenvalue weighted by Gasteiger charge is 1.84. The van der Waals surface area contributed by atoms with E-state index in [0.717, 1.165) is 0 Å². The highest BCUT2D eigenvalue weighted by Crippen LogP contribution is 1.81. The molecule has 0 aliphatic carbocycles. The van der Waals surface area contributed by atoms with Crippen LogP contribution in [0.15, 0.2) is 0 Å². The van der Waals surface area contributed by atoms with Crippen LogP contribution in [0.2, 0.25) is 0 Å². The Morgan fingerprint density at radius 3 is 2.50 bits per heavy atom. The summed E-state index contributed by atoms with van der Waals surface area (Å²) in [6.07, 6.45) is 0.567. The molecule has 1 atom stereocenters. The summed E-state index contributed by atoms with van der Waals surface area (Å²) in [6.45, 7) is 1.68. The largest absolute Gasteiger partial charge is 0.343 e. The van der Waals surface area contributed by atoms with Gasteiger partial charge in [-0.2, -0.15) is 0 Å². The van der Waals surface area contributed by atoms with Crippen LogP contribution in [0, 0.1) is 0 Å². The summed E-state index contributed by atoms with van der Waals surface area (Å²) in [6, 6.07) is 0. The molecule has 0 spiro atoms. The first-order valence-corrected chi connectivity index (χ1v) is 2.05. The van der Waals surface area contributed by atoms with Gasteiger partial charge in [0.05, 0.1) is 0 Å². The van der Waals surface area contributed by atoms with E-state index in [2.05, 4.69) is 5.32 Å². The van der Waals surface area contributed by atoms with Gasteiger partial charge in [0.25, 0.3) is 0 Å². The van der Waals surface area contributed by atoms with Crippen LogP contribution in [0.1, 0.15) is 6.92 Å².